The van der Waals surface area contributed by atoms with Crippen LogP contribution in [0.5, 0.6) is 0 Å². The Bertz CT molecular complexity index is 526. The molecule has 0 unspecified atom stereocenters. The molecule has 0 N–H and O–H groups in total. The first-order chi connectivity index (χ1) is 10.1. The fourth-order valence-corrected chi connectivity index (χ4v) is 3.24. The molecule has 1 aromatic rings. The van der Waals surface area contributed by atoms with Gasteiger partial charge < -0.3 is 9.80 Å². The molecule has 6 heteroatoms. The van der Waals surface area contributed by atoms with Crippen LogP contribution in [-0.4, -0.2) is 57.6 Å². The largest absolute Gasteiger partial charge is 0.342 e. The van der Waals surface area contributed by atoms with Crippen molar-refractivity contribution in [3.05, 3.63) is 18.0 Å². The lowest BCUT2D eigenvalue weighted by atomic mass is 9.95. The van der Waals surface area contributed by atoms with Crippen molar-refractivity contribution < 1.29 is 9.59 Å². The highest BCUT2D eigenvalue weighted by Gasteiger charge is 2.31. The normalized spacial score (nSPS) is 20.0. The predicted molar refractivity (Wildman–Crippen MR) is 77.6 cm³/mol. The first kappa shape index (κ1) is 14.1. The number of nitrogens with zero attached hydrogens (tertiary/aromatic N) is 4. The lowest BCUT2D eigenvalue weighted by Gasteiger charge is -2.33. The minimum atomic E-state index is 0.0233. The van der Waals surface area contributed by atoms with E-state index in [1.165, 1.54) is 0 Å². The maximum absolute atomic E-state index is 12.4. The number of hydrogen-bond donors (Lipinski definition) is 0. The highest BCUT2D eigenvalue weighted by Crippen LogP contribution is 2.23. The molecule has 21 heavy (non-hydrogen) atoms. The van der Waals surface area contributed by atoms with Crippen LogP contribution >= 0.6 is 0 Å². The van der Waals surface area contributed by atoms with E-state index in [0.29, 0.717) is 24.6 Å². The van der Waals surface area contributed by atoms with E-state index in [2.05, 4.69) is 5.10 Å². The third-order valence-corrected chi connectivity index (χ3v) is 4.50. The number of aromatic nitrogens is 2. The average molecular weight is 290 g/mol. The molecule has 2 fully saturated rings. The highest BCUT2D eigenvalue weighted by molar-refractivity contribution is 5.94. The van der Waals surface area contributed by atoms with Crippen LogP contribution in [-0.2, 0) is 11.8 Å². The molecule has 2 saturated heterocycles. The summed E-state index contributed by atoms with van der Waals surface area (Å²) >= 11 is 0. The van der Waals surface area contributed by atoms with Crippen LogP contribution in [0.3, 0.4) is 0 Å². The van der Waals surface area contributed by atoms with E-state index < -0.39 is 0 Å². The van der Waals surface area contributed by atoms with E-state index in [0.717, 1.165) is 38.8 Å². The van der Waals surface area contributed by atoms with Crippen molar-refractivity contribution in [1.29, 1.82) is 0 Å². The molecule has 0 aromatic carbocycles. The molecule has 3 heterocycles. The molecule has 1 aromatic heterocycles. The third kappa shape index (κ3) is 2.94. The van der Waals surface area contributed by atoms with Gasteiger partial charge in [-0.1, -0.05) is 0 Å². The zero-order valence-electron chi connectivity index (χ0n) is 12.5. The number of rotatable bonds is 2. The lowest BCUT2D eigenvalue weighted by Crippen LogP contribution is -2.43. The molecule has 3 rings (SSSR count). The van der Waals surface area contributed by atoms with Gasteiger partial charge in [-0.3, -0.25) is 14.3 Å². The Balaban J connectivity index is 1.55. The second-order valence-electron chi connectivity index (χ2n) is 6.00. The third-order valence-electron chi connectivity index (χ3n) is 4.50. The van der Waals surface area contributed by atoms with Gasteiger partial charge in [-0.2, -0.15) is 5.10 Å². The Kier molecular flexibility index (Phi) is 3.94. The molecule has 0 atom stereocenters. The van der Waals surface area contributed by atoms with Crippen LogP contribution in [0.25, 0.3) is 0 Å². The van der Waals surface area contributed by atoms with Crippen molar-refractivity contribution in [2.75, 3.05) is 26.2 Å². The molecule has 114 valence electrons. The van der Waals surface area contributed by atoms with Gasteiger partial charge in [-0.25, -0.2) is 0 Å². The van der Waals surface area contributed by atoms with Gasteiger partial charge in [-0.15, -0.1) is 0 Å². The van der Waals surface area contributed by atoms with Gasteiger partial charge in [0, 0.05) is 45.3 Å². The summed E-state index contributed by atoms with van der Waals surface area (Å²) in [4.78, 5) is 28.5. The Labute approximate surface area is 124 Å². The summed E-state index contributed by atoms with van der Waals surface area (Å²) in [5, 5.41) is 4.04. The van der Waals surface area contributed by atoms with Crippen LogP contribution in [0.4, 0.5) is 0 Å². The summed E-state index contributed by atoms with van der Waals surface area (Å²) in [5.41, 5.74) is 0.627. The Morgan fingerprint density at radius 1 is 1.10 bits per heavy atom. The van der Waals surface area contributed by atoms with E-state index in [9.17, 15) is 9.59 Å². The number of carbonyl (C=O) groups is 2. The summed E-state index contributed by atoms with van der Waals surface area (Å²) in [7, 11) is 1.80. The SMILES string of the molecule is Cn1cc(C(=O)N2CCC(C(=O)N3CCCC3)CC2)cn1. The summed E-state index contributed by atoms with van der Waals surface area (Å²) in [6, 6.07) is 0. The van der Waals surface area contributed by atoms with E-state index in [-0.39, 0.29) is 11.8 Å². The second-order valence-corrected chi connectivity index (χ2v) is 6.00. The van der Waals surface area contributed by atoms with Crippen molar-refractivity contribution in [1.82, 2.24) is 19.6 Å². The smallest absolute Gasteiger partial charge is 0.257 e. The minimum Gasteiger partial charge on any atom is -0.342 e. The molecule has 0 spiro atoms. The van der Waals surface area contributed by atoms with Crippen LogP contribution in [0, 0.1) is 5.92 Å². The molecule has 2 aliphatic rings. The fourth-order valence-electron chi connectivity index (χ4n) is 3.24. The molecule has 6 nitrogen and oxygen atoms in total. The standard InChI is InChI=1S/C15H22N4O2/c1-17-11-13(10-16-17)15(21)19-8-4-12(5-9-19)14(20)18-6-2-3-7-18/h10-12H,2-9H2,1H3. The zero-order valence-corrected chi connectivity index (χ0v) is 12.5. The summed E-state index contributed by atoms with van der Waals surface area (Å²) in [5.74, 6) is 0.414. The molecule has 0 radical (unpaired) electrons. The molecule has 0 saturated carbocycles. The van der Waals surface area contributed by atoms with Crippen molar-refractivity contribution >= 4 is 11.8 Å². The number of amides is 2. The Morgan fingerprint density at radius 2 is 1.76 bits per heavy atom. The molecular weight excluding hydrogens is 268 g/mol. The first-order valence-electron chi connectivity index (χ1n) is 7.72. The van der Waals surface area contributed by atoms with Gasteiger partial charge in [0.2, 0.25) is 5.91 Å². The first-order valence-corrected chi connectivity index (χ1v) is 7.72. The summed E-state index contributed by atoms with van der Waals surface area (Å²) < 4.78 is 1.64. The van der Waals surface area contributed by atoms with E-state index in [4.69, 9.17) is 0 Å². The fraction of sp³-hybridized carbons (Fsp3) is 0.667. The van der Waals surface area contributed by atoms with Gasteiger partial charge in [0.05, 0.1) is 11.8 Å². The average Bonchev–Trinajstić information content (AvgIpc) is 3.17. The molecule has 2 amide bonds. The van der Waals surface area contributed by atoms with Crippen LogP contribution < -0.4 is 0 Å². The molecule has 2 aliphatic heterocycles. The number of carbonyl (C=O) groups excluding carboxylic acids is 2. The number of hydrogen-bond acceptors (Lipinski definition) is 3. The lowest BCUT2D eigenvalue weighted by molar-refractivity contribution is -0.135. The number of aryl methyl sites for hydroxylation is 1. The van der Waals surface area contributed by atoms with E-state index >= 15 is 0 Å². The van der Waals surface area contributed by atoms with E-state index in [1.54, 1.807) is 24.1 Å². The van der Waals surface area contributed by atoms with Gasteiger partial charge >= 0.3 is 0 Å². The summed E-state index contributed by atoms with van der Waals surface area (Å²) in [6.07, 6.45) is 7.16. The van der Waals surface area contributed by atoms with Crippen molar-refractivity contribution in [3.63, 3.8) is 0 Å². The van der Waals surface area contributed by atoms with Crippen LogP contribution in [0.15, 0.2) is 12.4 Å². The number of piperidine rings is 1. The van der Waals surface area contributed by atoms with Gasteiger partial charge in [0.1, 0.15) is 0 Å². The van der Waals surface area contributed by atoms with Gasteiger partial charge in [0.15, 0.2) is 0 Å². The number of likely N-dealkylation sites (tertiary alicyclic amines) is 2. The van der Waals surface area contributed by atoms with Crippen molar-refractivity contribution in [2.24, 2.45) is 13.0 Å². The quantitative estimate of drug-likeness (QED) is 0.813. The molecular formula is C15H22N4O2. The van der Waals surface area contributed by atoms with E-state index in [1.807, 2.05) is 9.80 Å². The maximum Gasteiger partial charge on any atom is 0.257 e. The van der Waals surface area contributed by atoms with Crippen LogP contribution in [0.2, 0.25) is 0 Å². The topological polar surface area (TPSA) is 58.4 Å². The van der Waals surface area contributed by atoms with Crippen LogP contribution in [0.1, 0.15) is 36.0 Å². The van der Waals surface area contributed by atoms with Gasteiger partial charge in [0.25, 0.3) is 5.91 Å². The molecule has 0 aliphatic carbocycles. The highest BCUT2D eigenvalue weighted by atomic mass is 16.2. The van der Waals surface area contributed by atoms with Crippen molar-refractivity contribution in [2.45, 2.75) is 25.7 Å². The summed E-state index contributed by atoms with van der Waals surface area (Å²) in [6.45, 7) is 3.15. The second kappa shape index (κ2) is 5.87. The van der Waals surface area contributed by atoms with Gasteiger partial charge in [-0.05, 0) is 25.7 Å². The Hall–Kier alpha value is -1.85. The van der Waals surface area contributed by atoms with Crippen molar-refractivity contribution in [3.8, 4) is 0 Å². The monoisotopic (exact) mass is 290 g/mol. The zero-order chi connectivity index (χ0) is 14.8. The minimum absolute atomic E-state index is 0.0233. The maximum atomic E-state index is 12.4. The predicted octanol–water partition coefficient (Wildman–Crippen LogP) is 0.895. The Morgan fingerprint density at radius 3 is 2.33 bits per heavy atom. The molecule has 0 bridgehead atoms.